The Balaban J connectivity index is 2.94. The van der Waals surface area contributed by atoms with Crippen LogP contribution in [0.15, 0.2) is 36.0 Å². The number of amides is 1. The number of hydrogen-bond donors (Lipinski definition) is 0. The Morgan fingerprint density at radius 2 is 2.27 bits per heavy atom. The van der Waals surface area contributed by atoms with Gasteiger partial charge in [-0.15, -0.1) is 0 Å². The molecule has 2 nitrogen and oxygen atoms in total. The van der Waals surface area contributed by atoms with Crippen molar-refractivity contribution in [3.05, 3.63) is 36.0 Å². The maximum absolute atomic E-state index is 12.0. The fraction of sp³-hybridized carbons (Fsp3) is 0.462. The molecule has 1 unspecified atom stereocenters. The third-order valence-electron chi connectivity index (χ3n) is 2.88. The first kappa shape index (κ1) is 11.8. The van der Waals surface area contributed by atoms with E-state index in [4.69, 9.17) is 0 Å². The van der Waals surface area contributed by atoms with Crippen molar-refractivity contribution in [1.29, 1.82) is 0 Å². The Kier molecular flexibility index (Phi) is 3.89. The van der Waals surface area contributed by atoms with Gasteiger partial charge in [0, 0.05) is 18.2 Å². The van der Waals surface area contributed by atoms with Crippen LogP contribution in [-0.2, 0) is 4.79 Å². The van der Waals surface area contributed by atoms with E-state index in [0.717, 1.165) is 17.6 Å². The van der Waals surface area contributed by atoms with Gasteiger partial charge in [0.2, 0.25) is 0 Å². The molecule has 15 heavy (non-hydrogen) atoms. The van der Waals surface area contributed by atoms with Gasteiger partial charge in [0.25, 0.3) is 5.91 Å². The van der Waals surface area contributed by atoms with E-state index in [0.29, 0.717) is 12.6 Å². The second-order valence-corrected chi connectivity index (χ2v) is 3.83. The van der Waals surface area contributed by atoms with Crippen LogP contribution in [0.2, 0.25) is 0 Å². The number of carbonyl (C=O) groups excluding carboxylic acids is 1. The maximum atomic E-state index is 12.0. The molecule has 1 heterocycles. The lowest BCUT2D eigenvalue weighted by atomic mass is 10.1. The SMILES string of the molecule is C=CC1=C(/C=C\C)C(=O)N(C(C)CC)C1. The highest BCUT2D eigenvalue weighted by Crippen LogP contribution is 2.23. The minimum absolute atomic E-state index is 0.136. The largest absolute Gasteiger partial charge is 0.332 e. The molecule has 82 valence electrons. The second kappa shape index (κ2) is 4.96. The van der Waals surface area contributed by atoms with Crippen LogP contribution in [-0.4, -0.2) is 23.4 Å². The summed E-state index contributed by atoms with van der Waals surface area (Å²) in [5.74, 6) is 0.136. The summed E-state index contributed by atoms with van der Waals surface area (Å²) in [4.78, 5) is 13.9. The van der Waals surface area contributed by atoms with E-state index in [1.165, 1.54) is 0 Å². The molecule has 0 saturated heterocycles. The molecule has 0 spiro atoms. The van der Waals surface area contributed by atoms with Crippen molar-refractivity contribution in [2.45, 2.75) is 33.2 Å². The Hall–Kier alpha value is -1.31. The maximum Gasteiger partial charge on any atom is 0.254 e. The van der Waals surface area contributed by atoms with Crippen molar-refractivity contribution in [3.8, 4) is 0 Å². The molecule has 0 aromatic carbocycles. The molecule has 0 bridgehead atoms. The minimum Gasteiger partial charge on any atom is -0.332 e. The molecule has 1 aliphatic heterocycles. The number of allylic oxidation sites excluding steroid dienone is 1. The molecule has 0 aromatic rings. The Morgan fingerprint density at radius 1 is 1.60 bits per heavy atom. The van der Waals surface area contributed by atoms with Gasteiger partial charge < -0.3 is 4.90 Å². The van der Waals surface area contributed by atoms with Gasteiger partial charge in [-0.05, 0) is 25.8 Å². The first-order chi connectivity index (χ1) is 7.15. The van der Waals surface area contributed by atoms with Crippen LogP contribution in [0.4, 0.5) is 0 Å². The second-order valence-electron chi connectivity index (χ2n) is 3.83. The van der Waals surface area contributed by atoms with E-state index in [1.807, 2.05) is 24.0 Å². The highest BCUT2D eigenvalue weighted by atomic mass is 16.2. The van der Waals surface area contributed by atoms with Gasteiger partial charge in [0.1, 0.15) is 0 Å². The predicted molar refractivity (Wildman–Crippen MR) is 63.5 cm³/mol. The van der Waals surface area contributed by atoms with E-state index in [-0.39, 0.29) is 5.91 Å². The Bertz CT molecular complexity index is 325. The third kappa shape index (κ3) is 2.20. The summed E-state index contributed by atoms with van der Waals surface area (Å²) in [5.41, 5.74) is 1.84. The standard InChI is InChI=1S/C13H19NO/c1-5-8-12-11(7-3)9-14(13(12)15)10(4)6-2/h5,7-8,10H,3,6,9H2,1-2,4H3/b8-5-. The van der Waals surface area contributed by atoms with Gasteiger partial charge >= 0.3 is 0 Å². The molecule has 1 rings (SSSR count). The lowest BCUT2D eigenvalue weighted by Crippen LogP contribution is -2.35. The van der Waals surface area contributed by atoms with Crippen molar-refractivity contribution in [2.24, 2.45) is 0 Å². The van der Waals surface area contributed by atoms with E-state index >= 15 is 0 Å². The van der Waals surface area contributed by atoms with E-state index in [1.54, 1.807) is 6.08 Å². The summed E-state index contributed by atoms with van der Waals surface area (Å²) in [7, 11) is 0. The molecule has 1 aliphatic rings. The molecule has 0 N–H and O–H groups in total. The van der Waals surface area contributed by atoms with Crippen LogP contribution < -0.4 is 0 Å². The molecule has 1 amide bonds. The van der Waals surface area contributed by atoms with Gasteiger partial charge in [-0.25, -0.2) is 0 Å². The zero-order chi connectivity index (χ0) is 11.4. The smallest absolute Gasteiger partial charge is 0.254 e. The Labute approximate surface area is 92.0 Å². The van der Waals surface area contributed by atoms with Crippen LogP contribution in [0.3, 0.4) is 0 Å². The molecular formula is C13H19NO. The average molecular weight is 205 g/mol. The lowest BCUT2D eigenvalue weighted by molar-refractivity contribution is -0.126. The number of nitrogens with zero attached hydrogens (tertiary/aromatic N) is 1. The van der Waals surface area contributed by atoms with Crippen LogP contribution in [0, 0.1) is 0 Å². The quantitative estimate of drug-likeness (QED) is 0.691. The van der Waals surface area contributed by atoms with Crippen molar-refractivity contribution in [3.63, 3.8) is 0 Å². The predicted octanol–water partition coefficient (Wildman–Crippen LogP) is 2.69. The molecular weight excluding hydrogens is 186 g/mol. The Morgan fingerprint density at radius 3 is 2.73 bits per heavy atom. The monoisotopic (exact) mass is 205 g/mol. The van der Waals surface area contributed by atoms with Crippen molar-refractivity contribution in [1.82, 2.24) is 4.90 Å². The van der Waals surface area contributed by atoms with Crippen LogP contribution in [0.5, 0.6) is 0 Å². The van der Waals surface area contributed by atoms with Crippen LogP contribution in [0.1, 0.15) is 27.2 Å². The number of carbonyl (C=O) groups is 1. The molecule has 2 heteroatoms. The highest BCUT2D eigenvalue weighted by molar-refractivity contribution is 6.00. The van der Waals surface area contributed by atoms with E-state index in [2.05, 4.69) is 20.4 Å². The molecule has 0 fully saturated rings. The molecule has 0 radical (unpaired) electrons. The van der Waals surface area contributed by atoms with Gasteiger partial charge in [-0.1, -0.05) is 31.7 Å². The van der Waals surface area contributed by atoms with Crippen LogP contribution in [0.25, 0.3) is 0 Å². The molecule has 0 aromatic heterocycles. The first-order valence-corrected chi connectivity index (χ1v) is 5.44. The molecule has 1 atom stereocenters. The topological polar surface area (TPSA) is 20.3 Å². The minimum atomic E-state index is 0.136. The number of rotatable bonds is 4. The molecule has 0 saturated carbocycles. The summed E-state index contributed by atoms with van der Waals surface area (Å²) >= 11 is 0. The summed E-state index contributed by atoms with van der Waals surface area (Å²) in [6.07, 6.45) is 6.55. The van der Waals surface area contributed by atoms with E-state index in [9.17, 15) is 4.79 Å². The normalized spacial score (nSPS) is 19.1. The summed E-state index contributed by atoms with van der Waals surface area (Å²) in [5, 5.41) is 0. The fourth-order valence-electron chi connectivity index (χ4n) is 1.73. The number of hydrogen-bond acceptors (Lipinski definition) is 1. The molecule has 0 aliphatic carbocycles. The van der Waals surface area contributed by atoms with Crippen molar-refractivity contribution in [2.75, 3.05) is 6.54 Å². The zero-order valence-corrected chi connectivity index (χ0v) is 9.79. The average Bonchev–Trinajstić information content (AvgIpc) is 2.56. The summed E-state index contributed by atoms with van der Waals surface area (Å²) in [6, 6.07) is 0.301. The van der Waals surface area contributed by atoms with E-state index < -0.39 is 0 Å². The first-order valence-electron chi connectivity index (χ1n) is 5.44. The van der Waals surface area contributed by atoms with Crippen molar-refractivity contribution < 1.29 is 4.79 Å². The lowest BCUT2D eigenvalue weighted by Gasteiger charge is -2.23. The van der Waals surface area contributed by atoms with Gasteiger partial charge in [0.05, 0.1) is 0 Å². The third-order valence-corrected chi connectivity index (χ3v) is 2.88. The summed E-state index contributed by atoms with van der Waals surface area (Å²) < 4.78 is 0. The van der Waals surface area contributed by atoms with Crippen molar-refractivity contribution >= 4 is 5.91 Å². The van der Waals surface area contributed by atoms with Gasteiger partial charge in [-0.3, -0.25) is 4.79 Å². The zero-order valence-electron chi connectivity index (χ0n) is 9.79. The summed E-state index contributed by atoms with van der Waals surface area (Å²) in [6.45, 7) is 10.6. The van der Waals surface area contributed by atoms with Gasteiger partial charge in [0.15, 0.2) is 0 Å². The van der Waals surface area contributed by atoms with Gasteiger partial charge in [-0.2, -0.15) is 0 Å². The fourth-order valence-corrected chi connectivity index (χ4v) is 1.73. The highest BCUT2D eigenvalue weighted by Gasteiger charge is 2.29. The van der Waals surface area contributed by atoms with Crippen LogP contribution >= 0.6 is 0 Å².